The molecule has 2 aliphatic heterocycles. The number of hydrogen-bond donors (Lipinski definition) is 0. The molecule has 2 unspecified atom stereocenters. The van der Waals surface area contributed by atoms with Crippen LogP contribution >= 0.6 is 27.3 Å². The quantitative estimate of drug-likeness (QED) is 0.790. The summed E-state index contributed by atoms with van der Waals surface area (Å²) in [6.45, 7) is 0. The Hall–Kier alpha value is -0.770. The fourth-order valence-electron chi connectivity index (χ4n) is 3.67. The van der Waals surface area contributed by atoms with E-state index in [0.29, 0.717) is 4.21 Å². The summed E-state index contributed by atoms with van der Waals surface area (Å²) in [5.41, 5.74) is 0. The SMILES string of the molecule is O=S(=O)(c1ccc(Br)s1)N1C2CCC1CC(n1ccnn1)C2. The average molecular weight is 403 g/mol. The zero-order valence-corrected chi connectivity index (χ0v) is 14.9. The summed E-state index contributed by atoms with van der Waals surface area (Å²) < 4.78 is 30.8. The lowest BCUT2D eigenvalue weighted by Crippen LogP contribution is -2.46. The van der Waals surface area contributed by atoms with Crippen molar-refractivity contribution in [3.63, 3.8) is 0 Å². The van der Waals surface area contributed by atoms with Gasteiger partial charge in [0.15, 0.2) is 0 Å². The summed E-state index contributed by atoms with van der Waals surface area (Å²) in [6, 6.07) is 3.87. The van der Waals surface area contributed by atoms with Crippen LogP contribution in [0.25, 0.3) is 0 Å². The van der Waals surface area contributed by atoms with E-state index < -0.39 is 10.0 Å². The van der Waals surface area contributed by atoms with Crippen LogP contribution in [0.5, 0.6) is 0 Å². The van der Waals surface area contributed by atoms with Gasteiger partial charge in [-0.2, -0.15) is 4.31 Å². The third-order valence-corrected chi connectivity index (χ3v) is 8.63. The minimum Gasteiger partial charge on any atom is -0.249 e. The van der Waals surface area contributed by atoms with E-state index in [1.165, 1.54) is 11.3 Å². The summed E-state index contributed by atoms with van der Waals surface area (Å²) in [7, 11) is -3.39. The van der Waals surface area contributed by atoms with Crippen molar-refractivity contribution in [2.45, 2.75) is 48.0 Å². The van der Waals surface area contributed by atoms with Gasteiger partial charge in [-0.1, -0.05) is 5.21 Å². The average Bonchev–Trinajstić information content (AvgIpc) is 3.19. The van der Waals surface area contributed by atoms with E-state index in [0.717, 1.165) is 29.5 Å². The lowest BCUT2D eigenvalue weighted by atomic mass is 10.00. The van der Waals surface area contributed by atoms with Gasteiger partial charge in [-0.05, 0) is 53.7 Å². The Labute approximate surface area is 141 Å². The van der Waals surface area contributed by atoms with Gasteiger partial charge in [0, 0.05) is 18.3 Å². The lowest BCUT2D eigenvalue weighted by molar-refractivity contribution is 0.183. The number of halogens is 1. The minimum atomic E-state index is -3.39. The number of thiophene rings is 1. The van der Waals surface area contributed by atoms with Crippen LogP contribution in [0.2, 0.25) is 0 Å². The van der Waals surface area contributed by atoms with Crippen LogP contribution in [0, 0.1) is 0 Å². The Morgan fingerprint density at radius 2 is 1.91 bits per heavy atom. The molecule has 4 rings (SSSR count). The predicted molar refractivity (Wildman–Crippen MR) is 86.1 cm³/mol. The van der Waals surface area contributed by atoms with E-state index in [1.54, 1.807) is 22.6 Å². The first-order valence-electron chi connectivity index (χ1n) is 7.20. The van der Waals surface area contributed by atoms with Gasteiger partial charge >= 0.3 is 0 Å². The van der Waals surface area contributed by atoms with Crippen LogP contribution in [0.15, 0.2) is 32.5 Å². The molecular formula is C13H15BrN4O2S2. The molecule has 0 spiro atoms. The van der Waals surface area contributed by atoms with Gasteiger partial charge in [0.05, 0.1) is 16.0 Å². The molecule has 0 amide bonds. The van der Waals surface area contributed by atoms with Crippen molar-refractivity contribution in [2.24, 2.45) is 0 Å². The minimum absolute atomic E-state index is 0.0684. The molecule has 2 aromatic heterocycles. The molecule has 2 fully saturated rings. The molecule has 0 radical (unpaired) electrons. The Bertz CT molecular complexity index is 760. The lowest BCUT2D eigenvalue weighted by Gasteiger charge is -2.37. The molecule has 2 atom stereocenters. The van der Waals surface area contributed by atoms with Gasteiger partial charge in [0.25, 0.3) is 10.0 Å². The van der Waals surface area contributed by atoms with E-state index in [9.17, 15) is 8.42 Å². The predicted octanol–water partition coefficient (Wildman–Crippen LogP) is 2.66. The Balaban J connectivity index is 1.63. The van der Waals surface area contributed by atoms with E-state index >= 15 is 0 Å². The first-order valence-corrected chi connectivity index (χ1v) is 10.3. The largest absolute Gasteiger partial charge is 0.253 e. The van der Waals surface area contributed by atoms with Crippen LogP contribution in [0.4, 0.5) is 0 Å². The third kappa shape index (κ3) is 2.34. The molecule has 6 nitrogen and oxygen atoms in total. The Morgan fingerprint density at radius 3 is 2.45 bits per heavy atom. The molecule has 2 aromatic rings. The van der Waals surface area contributed by atoms with Crippen LogP contribution in [-0.2, 0) is 10.0 Å². The number of nitrogens with zero attached hydrogens (tertiary/aromatic N) is 4. The van der Waals surface area contributed by atoms with Crippen LogP contribution in [0.1, 0.15) is 31.7 Å². The molecule has 22 heavy (non-hydrogen) atoms. The maximum atomic E-state index is 12.9. The number of hydrogen-bond acceptors (Lipinski definition) is 5. The maximum Gasteiger partial charge on any atom is 0.253 e. The molecule has 2 saturated heterocycles. The van der Waals surface area contributed by atoms with Gasteiger partial charge in [-0.15, -0.1) is 16.4 Å². The van der Waals surface area contributed by atoms with Gasteiger partial charge in [0.1, 0.15) is 4.21 Å². The fraction of sp³-hybridized carbons (Fsp3) is 0.538. The van der Waals surface area contributed by atoms with Crippen molar-refractivity contribution in [3.8, 4) is 0 Å². The van der Waals surface area contributed by atoms with Gasteiger partial charge in [-0.3, -0.25) is 0 Å². The van der Waals surface area contributed by atoms with Gasteiger partial charge < -0.3 is 0 Å². The normalized spacial score (nSPS) is 29.0. The second-order valence-electron chi connectivity index (χ2n) is 5.79. The van der Waals surface area contributed by atoms with Gasteiger partial charge in [0.2, 0.25) is 0 Å². The van der Waals surface area contributed by atoms with Crippen molar-refractivity contribution >= 4 is 37.3 Å². The topological polar surface area (TPSA) is 68.1 Å². The smallest absolute Gasteiger partial charge is 0.249 e. The fourth-order valence-corrected chi connectivity index (χ4v) is 7.67. The zero-order valence-electron chi connectivity index (χ0n) is 11.7. The second-order valence-corrected chi connectivity index (χ2v) is 10.3. The van der Waals surface area contributed by atoms with Crippen molar-refractivity contribution in [1.82, 2.24) is 19.3 Å². The number of aromatic nitrogens is 3. The van der Waals surface area contributed by atoms with Crippen LogP contribution in [0.3, 0.4) is 0 Å². The zero-order chi connectivity index (χ0) is 15.3. The highest BCUT2D eigenvalue weighted by Crippen LogP contribution is 2.44. The Morgan fingerprint density at radius 1 is 1.18 bits per heavy atom. The maximum absolute atomic E-state index is 12.9. The molecule has 0 aromatic carbocycles. The highest BCUT2D eigenvalue weighted by molar-refractivity contribution is 9.11. The third-order valence-electron chi connectivity index (χ3n) is 4.54. The standard InChI is InChI=1S/C13H15BrN4O2S2/c14-12-3-4-13(21-12)22(19,20)18-9-1-2-10(18)8-11(7-9)17-6-5-15-16-17/h3-6,9-11H,1-2,7-8H2. The van der Waals surface area contributed by atoms with Crippen molar-refractivity contribution < 1.29 is 8.42 Å². The second kappa shape index (κ2) is 5.40. The summed E-state index contributed by atoms with van der Waals surface area (Å²) in [6.07, 6.45) is 7.03. The number of fused-ring (bicyclic) bond motifs is 2. The molecular weight excluding hydrogens is 388 g/mol. The molecule has 0 aliphatic carbocycles. The van der Waals surface area contributed by atoms with E-state index in [2.05, 4.69) is 26.2 Å². The monoisotopic (exact) mass is 402 g/mol. The summed E-state index contributed by atoms with van der Waals surface area (Å²) in [4.78, 5) is 0. The van der Waals surface area contributed by atoms with E-state index in [-0.39, 0.29) is 18.1 Å². The molecule has 4 heterocycles. The molecule has 9 heteroatoms. The van der Waals surface area contributed by atoms with Crippen molar-refractivity contribution in [3.05, 3.63) is 28.3 Å². The van der Waals surface area contributed by atoms with Gasteiger partial charge in [-0.25, -0.2) is 13.1 Å². The molecule has 2 bridgehead atoms. The van der Waals surface area contributed by atoms with E-state index in [1.807, 2.05) is 10.9 Å². The number of piperidine rings is 1. The molecule has 0 N–H and O–H groups in total. The Kier molecular flexibility index (Phi) is 3.63. The van der Waals surface area contributed by atoms with Crippen molar-refractivity contribution in [2.75, 3.05) is 0 Å². The summed E-state index contributed by atoms with van der Waals surface area (Å²) in [5.74, 6) is 0. The van der Waals surface area contributed by atoms with Crippen LogP contribution in [-0.4, -0.2) is 39.8 Å². The number of rotatable bonds is 3. The highest BCUT2D eigenvalue weighted by atomic mass is 79.9. The molecule has 0 saturated carbocycles. The first kappa shape index (κ1) is 14.8. The van der Waals surface area contributed by atoms with E-state index in [4.69, 9.17) is 0 Å². The number of sulfonamides is 1. The first-order chi connectivity index (χ1) is 10.6. The van der Waals surface area contributed by atoms with Crippen molar-refractivity contribution in [1.29, 1.82) is 0 Å². The van der Waals surface area contributed by atoms with Crippen LogP contribution < -0.4 is 0 Å². The highest BCUT2D eigenvalue weighted by Gasteiger charge is 2.48. The molecule has 118 valence electrons. The summed E-state index contributed by atoms with van der Waals surface area (Å²) in [5, 5.41) is 7.94. The summed E-state index contributed by atoms with van der Waals surface area (Å²) >= 11 is 4.63. The molecule has 2 aliphatic rings.